The van der Waals surface area contributed by atoms with Crippen LogP contribution in [0.15, 0.2) is 27.3 Å². The van der Waals surface area contributed by atoms with Gasteiger partial charge in [-0.25, -0.2) is 4.98 Å². The fourth-order valence-corrected chi connectivity index (χ4v) is 1.61. The Labute approximate surface area is 77.2 Å². The average Bonchev–Trinajstić information content (AvgIpc) is 2.52. The van der Waals surface area contributed by atoms with Crippen molar-refractivity contribution < 1.29 is 9.52 Å². The van der Waals surface area contributed by atoms with Crippen molar-refractivity contribution in [1.29, 1.82) is 0 Å². The van der Waals surface area contributed by atoms with Crippen molar-refractivity contribution in [1.82, 2.24) is 4.98 Å². The van der Waals surface area contributed by atoms with E-state index in [4.69, 9.17) is 9.52 Å². The minimum Gasteiger partial charge on any atom is -0.461 e. The largest absolute Gasteiger partial charge is 0.461 e. The highest BCUT2D eigenvalue weighted by atomic mass is 79.9. The average molecular weight is 228 g/mol. The van der Waals surface area contributed by atoms with Crippen molar-refractivity contribution in [2.75, 3.05) is 0 Å². The van der Waals surface area contributed by atoms with Crippen LogP contribution in [0.2, 0.25) is 0 Å². The fourth-order valence-electron chi connectivity index (χ4n) is 1.05. The third-order valence-electron chi connectivity index (χ3n) is 1.58. The molecule has 4 heteroatoms. The van der Waals surface area contributed by atoms with Gasteiger partial charge in [-0.15, -0.1) is 0 Å². The van der Waals surface area contributed by atoms with Crippen LogP contribution in [0.3, 0.4) is 0 Å². The summed E-state index contributed by atoms with van der Waals surface area (Å²) < 4.78 is 5.98. The number of hydrogen-bond acceptors (Lipinski definition) is 3. The number of nitrogens with zero attached hydrogens (tertiary/aromatic N) is 1. The molecule has 1 N–H and O–H groups in total. The van der Waals surface area contributed by atoms with E-state index in [1.807, 2.05) is 0 Å². The molecule has 0 unspecified atom stereocenters. The number of hydrogen-bond donors (Lipinski definition) is 1. The first kappa shape index (κ1) is 7.76. The highest BCUT2D eigenvalue weighted by Crippen LogP contribution is 2.24. The second-order valence-electron chi connectivity index (χ2n) is 2.39. The van der Waals surface area contributed by atoms with E-state index in [0.29, 0.717) is 11.3 Å². The van der Waals surface area contributed by atoms with Gasteiger partial charge in [0, 0.05) is 6.07 Å². The van der Waals surface area contributed by atoms with Gasteiger partial charge in [-0.1, -0.05) is 0 Å². The number of aliphatic hydroxyl groups is 1. The number of fused-ring (bicyclic) bond motifs is 1. The number of pyridine rings is 1. The molecule has 0 amide bonds. The topological polar surface area (TPSA) is 46.3 Å². The van der Waals surface area contributed by atoms with E-state index in [1.54, 1.807) is 18.4 Å². The van der Waals surface area contributed by atoms with E-state index >= 15 is 0 Å². The van der Waals surface area contributed by atoms with Crippen LogP contribution in [-0.4, -0.2) is 10.1 Å². The molecule has 62 valence electrons. The smallest absolute Gasteiger partial charge is 0.166 e. The second kappa shape index (κ2) is 2.88. The van der Waals surface area contributed by atoms with Crippen molar-refractivity contribution in [2.45, 2.75) is 6.61 Å². The minimum atomic E-state index is -0.0558. The summed E-state index contributed by atoms with van der Waals surface area (Å²) in [5, 5.41) is 8.85. The van der Waals surface area contributed by atoms with Crippen LogP contribution in [0, 0.1) is 0 Å². The lowest BCUT2D eigenvalue weighted by Gasteiger charge is -1.96. The summed E-state index contributed by atoms with van der Waals surface area (Å²) >= 11 is 3.32. The summed E-state index contributed by atoms with van der Waals surface area (Å²) in [5.74, 6) is 0. The molecule has 0 saturated heterocycles. The Balaban J connectivity index is 2.75. The predicted molar refractivity (Wildman–Crippen MR) is 47.6 cm³/mol. The van der Waals surface area contributed by atoms with Gasteiger partial charge in [0.15, 0.2) is 5.58 Å². The summed E-state index contributed by atoms with van der Waals surface area (Å²) in [7, 11) is 0. The summed E-state index contributed by atoms with van der Waals surface area (Å²) in [6, 6.07) is 3.51. The Morgan fingerprint density at radius 2 is 2.42 bits per heavy atom. The monoisotopic (exact) mass is 227 g/mol. The maximum absolute atomic E-state index is 8.85. The Hall–Kier alpha value is -0.870. The molecule has 0 aliphatic rings. The van der Waals surface area contributed by atoms with Gasteiger partial charge in [-0.05, 0) is 22.0 Å². The maximum atomic E-state index is 8.85. The number of furan rings is 1. The summed E-state index contributed by atoms with van der Waals surface area (Å²) in [5.41, 5.74) is 2.11. The van der Waals surface area contributed by atoms with Crippen molar-refractivity contribution in [3.63, 3.8) is 0 Å². The molecule has 2 heterocycles. The molecule has 2 aromatic rings. The van der Waals surface area contributed by atoms with Crippen LogP contribution < -0.4 is 0 Å². The first-order valence-electron chi connectivity index (χ1n) is 3.45. The Morgan fingerprint density at radius 1 is 1.58 bits per heavy atom. The van der Waals surface area contributed by atoms with Gasteiger partial charge in [0.2, 0.25) is 0 Å². The SMILES string of the molecule is OCc1cc(Br)c2occc2n1. The van der Waals surface area contributed by atoms with Crippen molar-refractivity contribution in [3.8, 4) is 0 Å². The number of halogens is 1. The third kappa shape index (κ3) is 1.13. The lowest BCUT2D eigenvalue weighted by atomic mass is 10.3. The zero-order valence-corrected chi connectivity index (χ0v) is 7.71. The first-order valence-corrected chi connectivity index (χ1v) is 4.24. The van der Waals surface area contributed by atoms with Crippen LogP contribution in [0.5, 0.6) is 0 Å². The van der Waals surface area contributed by atoms with Gasteiger partial charge in [-0.2, -0.15) is 0 Å². The molecule has 0 aromatic carbocycles. The number of rotatable bonds is 1. The fraction of sp³-hybridized carbons (Fsp3) is 0.125. The zero-order valence-electron chi connectivity index (χ0n) is 6.12. The van der Waals surface area contributed by atoms with Gasteiger partial charge in [0.05, 0.1) is 23.0 Å². The number of aromatic nitrogens is 1. The molecule has 3 nitrogen and oxygen atoms in total. The van der Waals surface area contributed by atoms with Gasteiger partial charge in [-0.3, -0.25) is 0 Å². The summed E-state index contributed by atoms with van der Waals surface area (Å²) in [6.45, 7) is -0.0558. The molecule has 12 heavy (non-hydrogen) atoms. The Bertz CT molecular complexity index is 410. The van der Waals surface area contributed by atoms with Gasteiger partial charge < -0.3 is 9.52 Å². The molecule has 0 fully saturated rings. The molecule has 2 aromatic heterocycles. The van der Waals surface area contributed by atoms with E-state index in [0.717, 1.165) is 9.99 Å². The summed E-state index contributed by atoms with van der Waals surface area (Å²) in [6.07, 6.45) is 1.57. The predicted octanol–water partition coefficient (Wildman–Crippen LogP) is 2.08. The van der Waals surface area contributed by atoms with E-state index < -0.39 is 0 Å². The summed E-state index contributed by atoms with van der Waals surface area (Å²) in [4.78, 5) is 4.14. The molecule has 0 spiro atoms. The van der Waals surface area contributed by atoms with Crippen molar-refractivity contribution >= 4 is 27.0 Å². The van der Waals surface area contributed by atoms with E-state index in [9.17, 15) is 0 Å². The Morgan fingerprint density at radius 3 is 3.17 bits per heavy atom. The Kier molecular flexibility index (Phi) is 1.86. The van der Waals surface area contributed by atoms with Gasteiger partial charge in [0.1, 0.15) is 5.52 Å². The normalized spacial score (nSPS) is 10.8. The standard InChI is InChI=1S/C8H6BrNO2/c9-6-3-5(4-11)10-7-1-2-12-8(6)7/h1-3,11H,4H2. The van der Waals surface area contributed by atoms with Crippen LogP contribution >= 0.6 is 15.9 Å². The first-order chi connectivity index (χ1) is 5.81. The van der Waals surface area contributed by atoms with Crippen LogP contribution in [0.25, 0.3) is 11.1 Å². The van der Waals surface area contributed by atoms with E-state index in [-0.39, 0.29) is 6.61 Å². The number of aliphatic hydroxyl groups excluding tert-OH is 1. The van der Waals surface area contributed by atoms with Crippen LogP contribution in [0.1, 0.15) is 5.69 Å². The molecule has 0 saturated carbocycles. The van der Waals surface area contributed by atoms with Crippen molar-refractivity contribution in [3.05, 3.63) is 28.6 Å². The van der Waals surface area contributed by atoms with Gasteiger partial charge in [0.25, 0.3) is 0 Å². The molecule has 0 bridgehead atoms. The highest BCUT2D eigenvalue weighted by molar-refractivity contribution is 9.10. The van der Waals surface area contributed by atoms with Crippen LogP contribution in [0.4, 0.5) is 0 Å². The quantitative estimate of drug-likeness (QED) is 0.812. The molecule has 0 aliphatic heterocycles. The van der Waals surface area contributed by atoms with E-state index in [2.05, 4.69) is 20.9 Å². The maximum Gasteiger partial charge on any atom is 0.166 e. The zero-order chi connectivity index (χ0) is 8.55. The lowest BCUT2D eigenvalue weighted by molar-refractivity contribution is 0.277. The lowest BCUT2D eigenvalue weighted by Crippen LogP contribution is -1.88. The van der Waals surface area contributed by atoms with Crippen LogP contribution in [-0.2, 0) is 6.61 Å². The minimum absolute atomic E-state index is 0.0558. The third-order valence-corrected chi connectivity index (χ3v) is 2.17. The molecular formula is C8H6BrNO2. The second-order valence-corrected chi connectivity index (χ2v) is 3.24. The molecule has 0 atom stereocenters. The molecule has 0 radical (unpaired) electrons. The van der Waals surface area contributed by atoms with E-state index in [1.165, 1.54) is 0 Å². The highest BCUT2D eigenvalue weighted by Gasteiger charge is 2.04. The van der Waals surface area contributed by atoms with Gasteiger partial charge >= 0.3 is 0 Å². The molecule has 2 rings (SSSR count). The van der Waals surface area contributed by atoms with Crippen molar-refractivity contribution in [2.24, 2.45) is 0 Å². The molecular weight excluding hydrogens is 222 g/mol. The molecule has 0 aliphatic carbocycles.